The van der Waals surface area contributed by atoms with Crippen molar-refractivity contribution in [3.8, 4) is 0 Å². The van der Waals surface area contributed by atoms with Crippen molar-refractivity contribution >= 4 is 19.6 Å². The minimum Gasteiger partial charge on any atom is -0.495 e. The second kappa shape index (κ2) is 9.97. The topological polar surface area (TPSA) is 69.6 Å². The Hall–Kier alpha value is -1.86. The largest absolute Gasteiger partial charge is 0.662 e. The molecule has 163 valence electrons. The molecule has 1 aromatic carbocycles. The lowest BCUT2D eigenvalue weighted by Crippen LogP contribution is -3.09. The molecule has 2 bridgehead atoms. The van der Waals surface area contributed by atoms with Crippen molar-refractivity contribution in [2.45, 2.75) is 46.1 Å². The van der Waals surface area contributed by atoms with Gasteiger partial charge in [-0.1, -0.05) is 57.5 Å². The molecule has 2 aliphatic heterocycles. The monoisotopic (exact) mass is 414 g/mol. The average molecular weight is 414 g/mol. The molecule has 5 fully saturated rings. The van der Waals surface area contributed by atoms with E-state index in [4.69, 9.17) is 4.74 Å². The molecule has 3 aliphatic carbocycles. The first-order valence-electron chi connectivity index (χ1n) is 10.8. The van der Waals surface area contributed by atoms with Gasteiger partial charge in [-0.15, -0.1) is 7.05 Å². The van der Waals surface area contributed by atoms with Crippen LogP contribution in [0.25, 0.3) is 0 Å². The Bertz CT molecular complexity index is 702. The van der Waals surface area contributed by atoms with Crippen LogP contribution < -0.4 is 4.90 Å². The summed E-state index contributed by atoms with van der Waals surface area (Å²) in [6.07, 6.45) is 4.95. The van der Waals surface area contributed by atoms with Crippen LogP contribution in [-0.2, 0) is 23.6 Å². The minimum atomic E-state index is -0.456. The van der Waals surface area contributed by atoms with Crippen molar-refractivity contribution in [1.82, 2.24) is 0 Å². The zero-order valence-electron chi connectivity index (χ0n) is 18.3. The number of carbonyl (C=O) groups is 2. The lowest BCUT2D eigenvalue weighted by Gasteiger charge is -2.59. The van der Waals surface area contributed by atoms with Gasteiger partial charge in [0.05, 0.1) is 6.61 Å². The quantitative estimate of drug-likeness (QED) is 0.433. The van der Waals surface area contributed by atoms with E-state index in [1.54, 1.807) is 0 Å². The van der Waals surface area contributed by atoms with E-state index in [2.05, 4.69) is 49.3 Å². The molecule has 2 saturated heterocycles. The van der Waals surface area contributed by atoms with Crippen molar-refractivity contribution in [2.75, 3.05) is 19.7 Å². The van der Waals surface area contributed by atoms with E-state index in [0.717, 1.165) is 32.0 Å². The van der Waals surface area contributed by atoms with Gasteiger partial charge in [-0.25, -0.2) is 9.59 Å². The van der Waals surface area contributed by atoms with Crippen LogP contribution in [0.4, 0.5) is 0 Å². The summed E-state index contributed by atoms with van der Waals surface area (Å²) < 4.78 is 13.8. The molecule has 0 amide bonds. The molecule has 2 unspecified atom stereocenters. The van der Waals surface area contributed by atoms with E-state index >= 15 is 0 Å². The average Bonchev–Trinajstić information content (AvgIpc) is 3.53. The highest BCUT2D eigenvalue weighted by atomic mass is 16.6. The van der Waals surface area contributed by atoms with Crippen LogP contribution in [0, 0.1) is 30.2 Å². The van der Waals surface area contributed by atoms with E-state index in [1.165, 1.54) is 24.8 Å². The number of hydrogen-bond donors (Lipinski definition) is 1. The number of epoxide rings is 1. The van der Waals surface area contributed by atoms with Crippen LogP contribution in [0.2, 0.25) is 0 Å². The number of nitrogens with one attached hydrogen (secondary N) is 1. The van der Waals surface area contributed by atoms with Crippen molar-refractivity contribution in [2.24, 2.45) is 23.2 Å². The van der Waals surface area contributed by atoms with E-state index in [1.807, 2.05) is 18.2 Å². The molecule has 30 heavy (non-hydrogen) atoms. The van der Waals surface area contributed by atoms with Gasteiger partial charge in [0.1, 0.15) is 6.10 Å². The van der Waals surface area contributed by atoms with E-state index < -0.39 is 11.9 Å². The summed E-state index contributed by atoms with van der Waals surface area (Å²) in [6, 6.07) is 10.3. The van der Waals surface area contributed by atoms with Crippen LogP contribution in [0.3, 0.4) is 0 Å². The van der Waals surface area contributed by atoms with Gasteiger partial charge in [0.15, 0.2) is 13.1 Å². The predicted octanol–water partition coefficient (Wildman–Crippen LogP) is 2.13. The Balaban J connectivity index is 0.000000128. The number of rotatable bonds is 1. The van der Waals surface area contributed by atoms with Gasteiger partial charge in [-0.05, 0) is 41.6 Å². The van der Waals surface area contributed by atoms with Gasteiger partial charge in [0.25, 0.3) is 0 Å². The van der Waals surface area contributed by atoms with Crippen molar-refractivity contribution in [3.63, 3.8) is 0 Å². The first-order valence-corrected chi connectivity index (χ1v) is 10.8. The fourth-order valence-corrected chi connectivity index (χ4v) is 4.77. The van der Waals surface area contributed by atoms with Crippen LogP contribution >= 0.6 is 0 Å². The van der Waals surface area contributed by atoms with Crippen LogP contribution in [0.1, 0.15) is 51.7 Å². The number of carbonyl (C=O) groups excluding carboxylic acids is 2. The predicted molar refractivity (Wildman–Crippen MR) is 113 cm³/mol. The lowest BCUT2D eigenvalue weighted by molar-refractivity contribution is -0.837. The van der Waals surface area contributed by atoms with Gasteiger partial charge in [0.2, 0.25) is 0 Å². The van der Waals surface area contributed by atoms with Gasteiger partial charge in [-0.3, -0.25) is 0 Å². The third-order valence-corrected chi connectivity index (χ3v) is 6.86. The zero-order valence-corrected chi connectivity index (χ0v) is 18.3. The Morgan fingerprint density at radius 1 is 1.07 bits per heavy atom. The third kappa shape index (κ3) is 6.08. The Kier molecular flexibility index (Phi) is 7.58. The van der Waals surface area contributed by atoms with E-state index in [-0.39, 0.29) is 13.1 Å². The fourth-order valence-electron chi connectivity index (χ4n) is 4.77. The molecule has 7 heteroatoms. The maximum Gasteiger partial charge on any atom is 0.662 e. The summed E-state index contributed by atoms with van der Waals surface area (Å²) in [5.41, 5.74) is 2.01. The summed E-state index contributed by atoms with van der Waals surface area (Å²) in [7, 11) is 4.25. The number of ether oxygens (including phenoxy) is 1. The number of fused-ring (bicyclic) bond motifs is 2. The van der Waals surface area contributed by atoms with Gasteiger partial charge in [-0.2, -0.15) is 0 Å². The molecule has 1 radical (unpaired) electrons. The minimum absolute atomic E-state index is 0.0750. The second-order valence-corrected chi connectivity index (χ2v) is 9.33. The van der Waals surface area contributed by atoms with Crippen molar-refractivity contribution in [3.05, 3.63) is 42.9 Å². The number of hydrogen-bond acceptors (Lipinski definition) is 5. The summed E-state index contributed by atoms with van der Waals surface area (Å²) >= 11 is 0. The molecule has 0 spiro atoms. The molecular formula is C23H33BNO5. The van der Waals surface area contributed by atoms with Crippen LogP contribution in [0.15, 0.2) is 30.3 Å². The second-order valence-electron chi connectivity index (χ2n) is 9.33. The maximum absolute atomic E-state index is 10.6. The number of quaternary nitrogens is 1. The summed E-state index contributed by atoms with van der Waals surface area (Å²) in [5, 5.41) is 0. The summed E-state index contributed by atoms with van der Waals surface area (Å²) in [4.78, 5) is 21.8. The molecule has 0 aromatic heterocycles. The molecule has 5 aliphatic rings. The molecule has 6 nitrogen and oxygen atoms in total. The molecule has 1 N–H and O–H groups in total. The van der Waals surface area contributed by atoms with E-state index in [0.29, 0.717) is 16.4 Å². The van der Waals surface area contributed by atoms with Crippen molar-refractivity contribution in [1.29, 1.82) is 0 Å². The van der Waals surface area contributed by atoms with Gasteiger partial charge < -0.3 is 18.9 Å². The van der Waals surface area contributed by atoms with Crippen LogP contribution in [-0.4, -0.2) is 39.3 Å². The standard InChI is InChI=1S/C10H18.C8H8O.C5H7BNO4/c1-7-4-5-8-6-9(7)10(8,2)3;1-2-4-7(5-3-1)8-6-9-8;1-7-2-4(8)10-6-11-5(9)3-7/h7-9H,4-6H2,1-3H3;1-5,8H,6H2;7H,1-3H2/t7-,8?,9?;8-;/m01./s1. The van der Waals surface area contributed by atoms with Crippen LogP contribution in [0.5, 0.6) is 0 Å². The first kappa shape index (κ1) is 22.8. The zero-order chi connectivity index (χ0) is 21.7. The van der Waals surface area contributed by atoms with Gasteiger partial charge in [0, 0.05) is 0 Å². The molecular weight excluding hydrogens is 381 g/mol. The third-order valence-electron chi connectivity index (χ3n) is 6.86. The summed E-state index contributed by atoms with van der Waals surface area (Å²) in [5.74, 6) is 2.24. The normalized spacial score (nSPS) is 31.5. The maximum atomic E-state index is 10.6. The number of benzene rings is 1. The molecule has 3 saturated carbocycles. The highest BCUT2D eigenvalue weighted by molar-refractivity contribution is 6.26. The van der Waals surface area contributed by atoms with E-state index in [9.17, 15) is 9.59 Å². The highest BCUT2D eigenvalue weighted by Gasteiger charge is 2.52. The SMILES string of the molecule is C[C@H]1CCC2CC1C2(C)C.[CH2-][NH+]1CC(=O)O[B]OC(=O)C1.c1ccc([C@H]2CO2)cc1. The Labute approximate surface area is 180 Å². The Morgan fingerprint density at radius 2 is 1.67 bits per heavy atom. The fraction of sp³-hybridized carbons (Fsp3) is 0.609. The molecule has 2 heterocycles. The molecule has 6 rings (SSSR count). The highest BCUT2D eigenvalue weighted by Crippen LogP contribution is 2.61. The lowest BCUT2D eigenvalue weighted by atomic mass is 9.46. The molecule has 1 aromatic rings. The van der Waals surface area contributed by atoms with Gasteiger partial charge >= 0.3 is 19.6 Å². The summed E-state index contributed by atoms with van der Waals surface area (Å²) in [6.45, 7) is 8.41. The first-order chi connectivity index (χ1) is 14.3. The van der Waals surface area contributed by atoms with Crippen molar-refractivity contribution < 1.29 is 28.5 Å². The Morgan fingerprint density at radius 3 is 2.10 bits per heavy atom. The smallest absolute Gasteiger partial charge is 0.495 e. The molecule has 4 atom stereocenters.